The number of hydrogen-bond acceptors (Lipinski definition) is 4. The Balaban J connectivity index is 1.44. The molecule has 7 nitrogen and oxygen atoms in total. The summed E-state index contributed by atoms with van der Waals surface area (Å²) in [5.74, 6) is 0.638. The fourth-order valence-electron chi connectivity index (χ4n) is 3.77. The van der Waals surface area contributed by atoms with E-state index in [2.05, 4.69) is 15.5 Å². The van der Waals surface area contributed by atoms with E-state index in [0.717, 1.165) is 37.8 Å². The summed E-state index contributed by atoms with van der Waals surface area (Å²) < 4.78 is 27.0. The van der Waals surface area contributed by atoms with Crippen LogP contribution >= 0.6 is 0 Å². The van der Waals surface area contributed by atoms with E-state index >= 15 is 0 Å². The minimum atomic E-state index is -3.23. The predicted octanol–water partition coefficient (Wildman–Crippen LogP) is 2.97. The quantitative estimate of drug-likeness (QED) is 0.744. The van der Waals surface area contributed by atoms with Gasteiger partial charge in [-0.15, -0.1) is 0 Å². The van der Waals surface area contributed by atoms with Gasteiger partial charge < -0.3 is 5.32 Å². The van der Waals surface area contributed by atoms with Gasteiger partial charge in [0.05, 0.1) is 23.3 Å². The van der Waals surface area contributed by atoms with Crippen LogP contribution in [0.25, 0.3) is 0 Å². The maximum Gasteiger partial charge on any atom is 0.255 e. The molecule has 2 fully saturated rings. The highest BCUT2D eigenvalue weighted by molar-refractivity contribution is 7.89. The van der Waals surface area contributed by atoms with Gasteiger partial charge in [-0.3, -0.25) is 9.89 Å². The van der Waals surface area contributed by atoms with Crippen LogP contribution in [0.3, 0.4) is 0 Å². The largest absolute Gasteiger partial charge is 0.319 e. The smallest absolute Gasteiger partial charge is 0.255 e. The first kappa shape index (κ1) is 19.1. The standard InChI is InChI=1S/C20H26N4O3S/c25-20(16-5-2-1-3-6-16)22-18-13-21-23-19(18)17-7-4-11-24(14-17)28(26,27)12-10-15-8-9-15/h1-3,5-6,13,15,17H,4,7-12,14H2,(H,21,23)(H,22,25)/t17-/m1/s1. The Bertz CT molecular complexity index is 922. The van der Waals surface area contributed by atoms with Gasteiger partial charge in [0.1, 0.15) is 0 Å². The van der Waals surface area contributed by atoms with E-state index in [4.69, 9.17) is 0 Å². The average Bonchev–Trinajstić information content (AvgIpc) is 3.44. The number of sulfonamides is 1. The Hall–Kier alpha value is -2.19. The third kappa shape index (κ3) is 4.44. The average molecular weight is 403 g/mol. The van der Waals surface area contributed by atoms with E-state index in [1.165, 1.54) is 0 Å². The number of nitrogens with one attached hydrogen (secondary N) is 2. The SMILES string of the molecule is O=C(Nc1cn[nH]c1[C@@H]1CCCN(S(=O)(=O)CCC2CC2)C1)c1ccccc1. The van der Waals surface area contributed by atoms with Gasteiger partial charge in [0.15, 0.2) is 0 Å². The zero-order chi connectivity index (χ0) is 19.6. The maximum absolute atomic E-state index is 12.7. The highest BCUT2D eigenvalue weighted by Crippen LogP contribution is 2.35. The fourth-order valence-corrected chi connectivity index (χ4v) is 5.48. The molecular weight excluding hydrogens is 376 g/mol. The van der Waals surface area contributed by atoms with Crippen LogP contribution in [-0.2, 0) is 10.0 Å². The fraction of sp³-hybridized carbons (Fsp3) is 0.500. The van der Waals surface area contributed by atoms with Crippen molar-refractivity contribution in [2.24, 2.45) is 5.92 Å². The number of anilines is 1. The molecule has 1 atom stereocenters. The molecule has 1 aromatic heterocycles. The number of carbonyl (C=O) groups is 1. The number of amides is 1. The summed E-state index contributed by atoms with van der Waals surface area (Å²) in [5, 5.41) is 9.98. The first-order valence-electron chi connectivity index (χ1n) is 9.90. The number of aromatic nitrogens is 2. The Morgan fingerprint density at radius 1 is 1.21 bits per heavy atom. The van der Waals surface area contributed by atoms with Crippen LogP contribution in [0, 0.1) is 5.92 Å². The first-order valence-corrected chi connectivity index (χ1v) is 11.5. The number of rotatable bonds is 7. The van der Waals surface area contributed by atoms with Crippen molar-refractivity contribution in [2.75, 3.05) is 24.2 Å². The zero-order valence-corrected chi connectivity index (χ0v) is 16.6. The molecule has 1 aromatic carbocycles. The molecule has 8 heteroatoms. The molecule has 0 bridgehead atoms. The molecule has 1 saturated heterocycles. The molecule has 2 heterocycles. The Labute approximate surface area is 165 Å². The third-order valence-electron chi connectivity index (χ3n) is 5.62. The van der Waals surface area contributed by atoms with Crippen molar-refractivity contribution in [3.05, 3.63) is 47.8 Å². The lowest BCUT2D eigenvalue weighted by atomic mass is 9.95. The Kier molecular flexibility index (Phi) is 5.50. The molecule has 1 amide bonds. The number of aromatic amines is 1. The summed E-state index contributed by atoms with van der Waals surface area (Å²) in [5.41, 5.74) is 1.99. The summed E-state index contributed by atoms with van der Waals surface area (Å²) in [6.45, 7) is 1.01. The van der Waals surface area contributed by atoms with Crippen molar-refractivity contribution < 1.29 is 13.2 Å². The van der Waals surface area contributed by atoms with Crippen molar-refractivity contribution in [2.45, 2.75) is 38.0 Å². The first-order chi connectivity index (χ1) is 13.5. The summed E-state index contributed by atoms with van der Waals surface area (Å²) in [6, 6.07) is 9.00. The van der Waals surface area contributed by atoms with Crippen molar-refractivity contribution in [1.82, 2.24) is 14.5 Å². The molecule has 2 N–H and O–H groups in total. The number of benzene rings is 1. The second-order valence-corrected chi connectivity index (χ2v) is 9.85. The summed E-state index contributed by atoms with van der Waals surface area (Å²) in [6.07, 6.45) is 6.36. The molecular formula is C20H26N4O3S. The number of nitrogens with zero attached hydrogens (tertiary/aromatic N) is 2. The molecule has 4 rings (SSSR count). The van der Waals surface area contributed by atoms with Crippen LogP contribution in [-0.4, -0.2) is 47.7 Å². The monoisotopic (exact) mass is 402 g/mol. The Morgan fingerprint density at radius 3 is 2.75 bits per heavy atom. The van der Waals surface area contributed by atoms with Crippen molar-refractivity contribution in [1.29, 1.82) is 0 Å². The molecule has 150 valence electrons. The van der Waals surface area contributed by atoms with E-state index in [-0.39, 0.29) is 17.6 Å². The van der Waals surface area contributed by atoms with Crippen LogP contribution in [0.4, 0.5) is 5.69 Å². The molecule has 0 spiro atoms. The summed E-state index contributed by atoms with van der Waals surface area (Å²) in [7, 11) is -3.23. The van der Waals surface area contributed by atoms with E-state index in [0.29, 0.717) is 30.3 Å². The van der Waals surface area contributed by atoms with Crippen LogP contribution in [0.1, 0.15) is 54.1 Å². The molecule has 2 aromatic rings. The lowest BCUT2D eigenvalue weighted by Crippen LogP contribution is -2.40. The van der Waals surface area contributed by atoms with Gasteiger partial charge in [-0.25, -0.2) is 12.7 Å². The van der Waals surface area contributed by atoms with Gasteiger partial charge in [0, 0.05) is 24.6 Å². The molecule has 1 saturated carbocycles. The molecule has 28 heavy (non-hydrogen) atoms. The lowest BCUT2D eigenvalue weighted by molar-refractivity contribution is 0.102. The molecule has 2 aliphatic rings. The number of piperidine rings is 1. The zero-order valence-electron chi connectivity index (χ0n) is 15.8. The van der Waals surface area contributed by atoms with Gasteiger partial charge in [0.25, 0.3) is 5.91 Å². The second-order valence-electron chi connectivity index (χ2n) is 7.76. The molecule has 0 radical (unpaired) electrons. The summed E-state index contributed by atoms with van der Waals surface area (Å²) in [4.78, 5) is 12.5. The van der Waals surface area contributed by atoms with Crippen LogP contribution < -0.4 is 5.32 Å². The number of hydrogen-bond donors (Lipinski definition) is 2. The highest BCUT2D eigenvalue weighted by Gasteiger charge is 2.33. The van der Waals surface area contributed by atoms with Gasteiger partial charge in [-0.05, 0) is 37.3 Å². The highest BCUT2D eigenvalue weighted by atomic mass is 32.2. The van der Waals surface area contributed by atoms with Gasteiger partial charge >= 0.3 is 0 Å². The van der Waals surface area contributed by atoms with Crippen LogP contribution in [0.2, 0.25) is 0 Å². The van der Waals surface area contributed by atoms with E-state index < -0.39 is 10.0 Å². The van der Waals surface area contributed by atoms with E-state index in [9.17, 15) is 13.2 Å². The maximum atomic E-state index is 12.7. The summed E-state index contributed by atoms with van der Waals surface area (Å²) >= 11 is 0. The lowest BCUT2D eigenvalue weighted by Gasteiger charge is -2.31. The van der Waals surface area contributed by atoms with Gasteiger partial charge in [0.2, 0.25) is 10.0 Å². The number of H-pyrrole nitrogens is 1. The van der Waals surface area contributed by atoms with Crippen molar-refractivity contribution in [3.8, 4) is 0 Å². The minimum Gasteiger partial charge on any atom is -0.319 e. The topological polar surface area (TPSA) is 95.2 Å². The van der Waals surface area contributed by atoms with Crippen molar-refractivity contribution >= 4 is 21.6 Å². The third-order valence-corrected chi connectivity index (χ3v) is 7.49. The van der Waals surface area contributed by atoms with E-state index in [1.807, 2.05) is 18.2 Å². The molecule has 1 aliphatic heterocycles. The van der Waals surface area contributed by atoms with Gasteiger partial charge in [-0.1, -0.05) is 31.0 Å². The van der Waals surface area contributed by atoms with Gasteiger partial charge in [-0.2, -0.15) is 5.10 Å². The second kappa shape index (κ2) is 8.05. The van der Waals surface area contributed by atoms with Crippen molar-refractivity contribution in [3.63, 3.8) is 0 Å². The van der Waals surface area contributed by atoms with Crippen LogP contribution in [0.5, 0.6) is 0 Å². The van der Waals surface area contributed by atoms with Crippen LogP contribution in [0.15, 0.2) is 36.5 Å². The predicted molar refractivity (Wildman–Crippen MR) is 108 cm³/mol. The molecule has 0 unspecified atom stereocenters. The van der Waals surface area contributed by atoms with E-state index in [1.54, 1.807) is 22.6 Å². The normalized spacial score (nSPS) is 20.8. The minimum absolute atomic E-state index is 0.00183. The Morgan fingerprint density at radius 2 is 2.00 bits per heavy atom. The number of carbonyl (C=O) groups excluding carboxylic acids is 1. The molecule has 1 aliphatic carbocycles.